The van der Waals surface area contributed by atoms with Gasteiger partial charge in [0, 0.05) is 19.1 Å². The number of ether oxygens (including phenoxy) is 1. The van der Waals surface area contributed by atoms with Crippen LogP contribution in [0.1, 0.15) is 32.6 Å². The fourth-order valence-electron chi connectivity index (χ4n) is 2.30. The Balaban J connectivity index is 1.90. The standard InChI is InChI=1S/C13H28N2O/c1-12-5-4-6-13(11-12)14-7-9-16-10-8-15(2)3/h12-14H,4-11H2,1-3H3. The molecule has 1 aliphatic rings. The van der Waals surface area contributed by atoms with Crippen molar-refractivity contribution in [1.82, 2.24) is 10.2 Å². The average molecular weight is 228 g/mol. The SMILES string of the molecule is CC1CCCC(NCCOCCN(C)C)C1. The lowest BCUT2D eigenvalue weighted by atomic mass is 9.87. The molecule has 0 spiro atoms. The Labute approximate surface area is 101 Å². The molecule has 0 aromatic carbocycles. The molecular formula is C13H28N2O. The van der Waals surface area contributed by atoms with E-state index in [4.69, 9.17) is 4.74 Å². The van der Waals surface area contributed by atoms with E-state index in [1.165, 1.54) is 25.7 Å². The van der Waals surface area contributed by atoms with Crippen LogP contribution in [0, 0.1) is 5.92 Å². The molecule has 2 atom stereocenters. The molecule has 1 aliphatic carbocycles. The molecule has 0 bridgehead atoms. The Bertz CT molecular complexity index is 173. The molecule has 1 saturated carbocycles. The van der Waals surface area contributed by atoms with Crippen molar-refractivity contribution in [1.29, 1.82) is 0 Å². The molecule has 0 aromatic heterocycles. The van der Waals surface area contributed by atoms with Crippen LogP contribution >= 0.6 is 0 Å². The molecule has 96 valence electrons. The van der Waals surface area contributed by atoms with Crippen molar-refractivity contribution >= 4 is 0 Å². The topological polar surface area (TPSA) is 24.5 Å². The number of nitrogens with one attached hydrogen (secondary N) is 1. The minimum atomic E-state index is 0.737. The van der Waals surface area contributed by atoms with Gasteiger partial charge in [0.2, 0.25) is 0 Å². The highest BCUT2D eigenvalue weighted by Gasteiger charge is 2.17. The van der Waals surface area contributed by atoms with Crippen molar-refractivity contribution in [3.05, 3.63) is 0 Å². The second kappa shape index (κ2) is 8.04. The molecule has 1 rings (SSSR count). The highest BCUT2D eigenvalue weighted by molar-refractivity contribution is 4.75. The molecule has 0 saturated heterocycles. The molecule has 0 amide bonds. The molecule has 3 nitrogen and oxygen atoms in total. The zero-order valence-corrected chi connectivity index (χ0v) is 11.2. The summed E-state index contributed by atoms with van der Waals surface area (Å²) in [7, 11) is 4.15. The van der Waals surface area contributed by atoms with E-state index in [-0.39, 0.29) is 0 Å². The summed E-state index contributed by atoms with van der Waals surface area (Å²) >= 11 is 0. The van der Waals surface area contributed by atoms with E-state index in [9.17, 15) is 0 Å². The maximum absolute atomic E-state index is 5.56. The summed E-state index contributed by atoms with van der Waals surface area (Å²) in [5.41, 5.74) is 0. The highest BCUT2D eigenvalue weighted by Crippen LogP contribution is 2.23. The van der Waals surface area contributed by atoms with E-state index in [0.29, 0.717) is 0 Å². The summed E-state index contributed by atoms with van der Waals surface area (Å²) in [6, 6.07) is 0.737. The van der Waals surface area contributed by atoms with Gasteiger partial charge in [0.1, 0.15) is 0 Å². The molecule has 0 aromatic rings. The first-order valence-electron chi connectivity index (χ1n) is 6.64. The maximum atomic E-state index is 5.56. The van der Waals surface area contributed by atoms with Crippen molar-refractivity contribution in [3.8, 4) is 0 Å². The second-order valence-electron chi connectivity index (χ2n) is 5.34. The summed E-state index contributed by atoms with van der Waals surface area (Å²) in [5.74, 6) is 0.904. The summed E-state index contributed by atoms with van der Waals surface area (Å²) in [6.07, 6.45) is 5.50. The molecule has 1 fully saturated rings. The molecule has 0 radical (unpaired) electrons. The van der Waals surface area contributed by atoms with Gasteiger partial charge in [0.15, 0.2) is 0 Å². The van der Waals surface area contributed by atoms with Crippen LogP contribution in [-0.4, -0.2) is 51.3 Å². The Kier molecular flexibility index (Phi) is 7.01. The van der Waals surface area contributed by atoms with E-state index in [1.807, 2.05) is 0 Å². The minimum Gasteiger partial charge on any atom is -0.379 e. The molecule has 1 N–H and O–H groups in total. The van der Waals surface area contributed by atoms with Crippen LogP contribution in [0.2, 0.25) is 0 Å². The number of hydrogen-bond donors (Lipinski definition) is 1. The summed E-state index contributed by atoms with van der Waals surface area (Å²) in [6.45, 7) is 6.07. The summed E-state index contributed by atoms with van der Waals surface area (Å²) < 4.78 is 5.56. The number of likely N-dealkylation sites (N-methyl/N-ethyl adjacent to an activating group) is 1. The fourth-order valence-corrected chi connectivity index (χ4v) is 2.30. The highest BCUT2D eigenvalue weighted by atomic mass is 16.5. The lowest BCUT2D eigenvalue weighted by Gasteiger charge is -2.27. The van der Waals surface area contributed by atoms with E-state index in [2.05, 4.69) is 31.2 Å². The third kappa shape index (κ3) is 6.46. The summed E-state index contributed by atoms with van der Waals surface area (Å²) in [4.78, 5) is 2.15. The minimum absolute atomic E-state index is 0.737. The molecule has 0 aliphatic heterocycles. The van der Waals surface area contributed by atoms with E-state index >= 15 is 0 Å². The second-order valence-corrected chi connectivity index (χ2v) is 5.34. The van der Waals surface area contributed by atoms with E-state index < -0.39 is 0 Å². The van der Waals surface area contributed by atoms with E-state index in [0.717, 1.165) is 38.3 Å². The largest absolute Gasteiger partial charge is 0.379 e. The normalized spacial score (nSPS) is 26.2. The van der Waals surface area contributed by atoms with Gasteiger partial charge in [-0.3, -0.25) is 0 Å². The first-order chi connectivity index (χ1) is 7.68. The lowest BCUT2D eigenvalue weighted by Crippen LogP contribution is -2.35. The first-order valence-corrected chi connectivity index (χ1v) is 6.64. The predicted molar refractivity (Wildman–Crippen MR) is 68.8 cm³/mol. The van der Waals surface area contributed by atoms with Gasteiger partial charge in [-0.15, -0.1) is 0 Å². The Morgan fingerprint density at radius 3 is 2.75 bits per heavy atom. The van der Waals surface area contributed by atoms with Crippen LogP contribution in [0.5, 0.6) is 0 Å². The lowest BCUT2D eigenvalue weighted by molar-refractivity contribution is 0.115. The summed E-state index contributed by atoms with van der Waals surface area (Å²) in [5, 5.41) is 3.60. The zero-order valence-electron chi connectivity index (χ0n) is 11.2. The maximum Gasteiger partial charge on any atom is 0.0593 e. The third-order valence-electron chi connectivity index (χ3n) is 3.30. The number of rotatable bonds is 7. The first kappa shape index (κ1) is 13.9. The van der Waals surface area contributed by atoms with Crippen molar-refractivity contribution in [3.63, 3.8) is 0 Å². The number of nitrogens with zero attached hydrogens (tertiary/aromatic N) is 1. The van der Waals surface area contributed by atoms with Crippen LogP contribution in [0.25, 0.3) is 0 Å². The van der Waals surface area contributed by atoms with Crippen LogP contribution < -0.4 is 5.32 Å². The average Bonchev–Trinajstić information content (AvgIpc) is 2.23. The van der Waals surface area contributed by atoms with Crippen LogP contribution in [0.3, 0.4) is 0 Å². The Morgan fingerprint density at radius 2 is 2.06 bits per heavy atom. The molecule has 16 heavy (non-hydrogen) atoms. The molecular weight excluding hydrogens is 200 g/mol. The van der Waals surface area contributed by atoms with Crippen molar-refractivity contribution in [2.75, 3.05) is 40.4 Å². The molecule has 2 unspecified atom stereocenters. The van der Waals surface area contributed by atoms with Gasteiger partial charge < -0.3 is 15.0 Å². The Morgan fingerprint density at radius 1 is 1.25 bits per heavy atom. The quantitative estimate of drug-likeness (QED) is 0.672. The van der Waals surface area contributed by atoms with Gasteiger partial charge in [-0.2, -0.15) is 0 Å². The number of hydrogen-bond acceptors (Lipinski definition) is 3. The monoisotopic (exact) mass is 228 g/mol. The van der Waals surface area contributed by atoms with Crippen molar-refractivity contribution < 1.29 is 4.74 Å². The van der Waals surface area contributed by atoms with Gasteiger partial charge >= 0.3 is 0 Å². The molecule has 0 heterocycles. The van der Waals surface area contributed by atoms with Gasteiger partial charge in [-0.05, 0) is 32.9 Å². The van der Waals surface area contributed by atoms with Gasteiger partial charge in [-0.1, -0.05) is 19.8 Å². The van der Waals surface area contributed by atoms with Crippen LogP contribution in [0.15, 0.2) is 0 Å². The van der Waals surface area contributed by atoms with Crippen LogP contribution in [-0.2, 0) is 4.74 Å². The third-order valence-corrected chi connectivity index (χ3v) is 3.30. The molecule has 3 heteroatoms. The smallest absolute Gasteiger partial charge is 0.0593 e. The van der Waals surface area contributed by atoms with Gasteiger partial charge in [0.05, 0.1) is 13.2 Å². The van der Waals surface area contributed by atoms with E-state index in [1.54, 1.807) is 0 Å². The Hall–Kier alpha value is -0.120. The van der Waals surface area contributed by atoms with Gasteiger partial charge in [-0.25, -0.2) is 0 Å². The van der Waals surface area contributed by atoms with Crippen molar-refractivity contribution in [2.45, 2.75) is 38.6 Å². The van der Waals surface area contributed by atoms with Gasteiger partial charge in [0.25, 0.3) is 0 Å². The van der Waals surface area contributed by atoms with Crippen LogP contribution in [0.4, 0.5) is 0 Å². The van der Waals surface area contributed by atoms with Crippen molar-refractivity contribution in [2.24, 2.45) is 5.92 Å². The zero-order chi connectivity index (χ0) is 11.8. The fraction of sp³-hybridized carbons (Fsp3) is 1.00. The predicted octanol–water partition coefficient (Wildman–Crippen LogP) is 1.73.